The van der Waals surface area contributed by atoms with Gasteiger partial charge in [0.15, 0.2) is 0 Å². The van der Waals surface area contributed by atoms with Crippen molar-refractivity contribution in [2.45, 2.75) is 51.7 Å². The first kappa shape index (κ1) is 19.9. The van der Waals surface area contributed by atoms with Gasteiger partial charge in [-0.05, 0) is 27.2 Å². The number of hydrogen-bond acceptors (Lipinski definition) is 5. The molecule has 0 heterocycles. The lowest BCUT2D eigenvalue weighted by molar-refractivity contribution is -0.142. The van der Waals surface area contributed by atoms with E-state index in [4.69, 9.17) is 9.84 Å². The highest BCUT2D eigenvalue weighted by Crippen LogP contribution is 2.08. The second kappa shape index (κ2) is 8.33. The summed E-state index contributed by atoms with van der Waals surface area (Å²) >= 11 is 0. The van der Waals surface area contributed by atoms with Gasteiger partial charge in [-0.3, -0.25) is 4.79 Å². The number of carboxylic acids is 1. The summed E-state index contributed by atoms with van der Waals surface area (Å²) < 4.78 is 27.3. The summed E-state index contributed by atoms with van der Waals surface area (Å²) in [6.45, 7) is 5.77. The Bertz CT molecular complexity index is 452. The van der Waals surface area contributed by atoms with Gasteiger partial charge in [-0.25, -0.2) is 13.2 Å². The number of aliphatic carboxylic acids is 1. The zero-order valence-corrected chi connectivity index (χ0v) is 13.8. The molecule has 21 heavy (non-hydrogen) atoms. The highest BCUT2D eigenvalue weighted by atomic mass is 32.2. The highest BCUT2D eigenvalue weighted by molar-refractivity contribution is 7.90. The van der Waals surface area contributed by atoms with Gasteiger partial charge in [0.25, 0.3) is 0 Å². The lowest BCUT2D eigenvalue weighted by Crippen LogP contribution is -2.42. The molecule has 1 amide bonds. The molecule has 0 saturated heterocycles. The molecular weight excluding hydrogens is 298 g/mol. The minimum absolute atomic E-state index is 0.0169. The van der Waals surface area contributed by atoms with Crippen LogP contribution >= 0.6 is 0 Å². The van der Waals surface area contributed by atoms with Crippen molar-refractivity contribution in [2.75, 3.05) is 18.6 Å². The van der Waals surface area contributed by atoms with Crippen LogP contribution in [0.1, 0.15) is 40.0 Å². The van der Waals surface area contributed by atoms with Gasteiger partial charge in [-0.1, -0.05) is 0 Å². The van der Waals surface area contributed by atoms with Crippen molar-refractivity contribution in [1.29, 1.82) is 0 Å². The van der Waals surface area contributed by atoms with E-state index in [-0.39, 0.29) is 37.2 Å². The van der Waals surface area contributed by atoms with Crippen LogP contribution in [-0.4, -0.2) is 55.7 Å². The second-order valence-corrected chi connectivity index (χ2v) is 8.20. The molecule has 0 aromatic rings. The molecule has 0 aromatic carbocycles. The van der Waals surface area contributed by atoms with Crippen molar-refractivity contribution >= 4 is 21.7 Å². The minimum Gasteiger partial charge on any atom is -0.480 e. The van der Waals surface area contributed by atoms with Crippen molar-refractivity contribution in [3.63, 3.8) is 0 Å². The number of hydrogen-bond donors (Lipinski definition) is 2. The topological polar surface area (TPSA) is 110 Å². The van der Waals surface area contributed by atoms with E-state index in [0.29, 0.717) is 0 Å². The van der Waals surface area contributed by atoms with E-state index < -0.39 is 27.8 Å². The summed E-state index contributed by atoms with van der Waals surface area (Å²) in [5, 5.41) is 11.4. The Morgan fingerprint density at radius 2 is 1.86 bits per heavy atom. The minimum atomic E-state index is -3.11. The van der Waals surface area contributed by atoms with E-state index >= 15 is 0 Å². The van der Waals surface area contributed by atoms with E-state index in [9.17, 15) is 18.0 Å². The number of sulfone groups is 1. The Labute approximate surface area is 126 Å². The standard InChI is InChI=1S/C13H25NO6S/c1-13(2,3)20-8-7-10(12(16)17)14-11(15)6-5-9-21(4,18)19/h10H,5-9H2,1-4H3,(H,14,15)(H,16,17). The fraction of sp³-hybridized carbons (Fsp3) is 0.846. The Balaban J connectivity index is 4.19. The molecule has 1 unspecified atom stereocenters. The van der Waals surface area contributed by atoms with Gasteiger partial charge < -0.3 is 15.2 Å². The van der Waals surface area contributed by atoms with Crippen LogP contribution in [0.4, 0.5) is 0 Å². The average molecular weight is 323 g/mol. The van der Waals surface area contributed by atoms with Crippen molar-refractivity contribution < 1.29 is 27.9 Å². The normalized spacial score (nSPS) is 13.7. The highest BCUT2D eigenvalue weighted by Gasteiger charge is 2.21. The van der Waals surface area contributed by atoms with Crippen LogP contribution in [0.2, 0.25) is 0 Å². The predicted octanol–water partition coefficient (Wildman–Crippen LogP) is 0.586. The fourth-order valence-corrected chi connectivity index (χ4v) is 2.17. The molecule has 0 radical (unpaired) electrons. The second-order valence-electron chi connectivity index (χ2n) is 5.94. The molecule has 0 bridgehead atoms. The first-order valence-corrected chi connectivity index (χ1v) is 8.80. The largest absolute Gasteiger partial charge is 0.480 e. The molecule has 8 heteroatoms. The molecule has 0 saturated carbocycles. The summed E-state index contributed by atoms with van der Waals surface area (Å²) in [5.74, 6) is -1.70. The van der Waals surface area contributed by atoms with Crippen molar-refractivity contribution in [1.82, 2.24) is 5.32 Å². The molecule has 7 nitrogen and oxygen atoms in total. The van der Waals surface area contributed by atoms with Gasteiger partial charge in [-0.2, -0.15) is 0 Å². The molecule has 0 rings (SSSR count). The number of carbonyl (C=O) groups excluding carboxylic acids is 1. The molecule has 1 atom stereocenters. The summed E-state index contributed by atoms with van der Waals surface area (Å²) in [6, 6.07) is -1.03. The van der Waals surface area contributed by atoms with E-state index in [1.54, 1.807) is 0 Å². The molecule has 0 spiro atoms. The van der Waals surface area contributed by atoms with Crippen LogP contribution in [-0.2, 0) is 24.2 Å². The number of ether oxygens (including phenoxy) is 1. The van der Waals surface area contributed by atoms with E-state index in [0.717, 1.165) is 6.26 Å². The number of rotatable bonds is 9. The van der Waals surface area contributed by atoms with Crippen molar-refractivity contribution in [3.05, 3.63) is 0 Å². The Morgan fingerprint density at radius 3 is 2.29 bits per heavy atom. The van der Waals surface area contributed by atoms with Gasteiger partial charge in [0, 0.05) is 25.7 Å². The van der Waals surface area contributed by atoms with E-state index in [1.807, 2.05) is 20.8 Å². The van der Waals surface area contributed by atoms with Crippen LogP contribution in [0.15, 0.2) is 0 Å². The monoisotopic (exact) mass is 323 g/mol. The summed E-state index contributed by atoms with van der Waals surface area (Å²) in [4.78, 5) is 22.7. The number of carbonyl (C=O) groups is 2. The van der Waals surface area contributed by atoms with Gasteiger partial charge >= 0.3 is 5.97 Å². The van der Waals surface area contributed by atoms with Gasteiger partial charge in [0.1, 0.15) is 15.9 Å². The van der Waals surface area contributed by atoms with Crippen LogP contribution in [0.3, 0.4) is 0 Å². The zero-order chi connectivity index (χ0) is 16.7. The first-order valence-electron chi connectivity index (χ1n) is 6.74. The SMILES string of the molecule is CC(C)(C)OCCC(NC(=O)CCCS(C)(=O)=O)C(=O)O. The lowest BCUT2D eigenvalue weighted by atomic mass is 10.1. The van der Waals surface area contributed by atoms with Crippen LogP contribution < -0.4 is 5.32 Å². The van der Waals surface area contributed by atoms with E-state index in [2.05, 4.69) is 5.32 Å². The van der Waals surface area contributed by atoms with Gasteiger partial charge in [0.05, 0.1) is 11.4 Å². The Hall–Kier alpha value is -1.15. The smallest absolute Gasteiger partial charge is 0.326 e. The first-order chi connectivity index (χ1) is 9.41. The molecule has 0 aliphatic rings. The fourth-order valence-electron chi connectivity index (χ4n) is 1.50. The maximum Gasteiger partial charge on any atom is 0.326 e. The van der Waals surface area contributed by atoms with Gasteiger partial charge in [-0.15, -0.1) is 0 Å². The maximum absolute atomic E-state index is 11.6. The Kier molecular flexibility index (Phi) is 7.87. The molecule has 0 fully saturated rings. The predicted molar refractivity (Wildman–Crippen MR) is 78.8 cm³/mol. The number of nitrogens with one attached hydrogen (secondary N) is 1. The average Bonchev–Trinajstić information content (AvgIpc) is 2.23. The van der Waals surface area contributed by atoms with Crippen LogP contribution in [0, 0.1) is 0 Å². The summed E-state index contributed by atoms with van der Waals surface area (Å²) in [6.07, 6.45) is 1.41. The molecule has 124 valence electrons. The van der Waals surface area contributed by atoms with Crippen LogP contribution in [0.25, 0.3) is 0 Å². The van der Waals surface area contributed by atoms with Crippen LogP contribution in [0.5, 0.6) is 0 Å². The molecule has 0 aromatic heterocycles. The third-order valence-corrected chi connectivity index (χ3v) is 3.52. The molecular formula is C13H25NO6S. The third-order valence-electron chi connectivity index (χ3n) is 2.49. The quantitative estimate of drug-likeness (QED) is 0.642. The van der Waals surface area contributed by atoms with Crippen molar-refractivity contribution in [3.8, 4) is 0 Å². The number of amides is 1. The Morgan fingerprint density at radius 1 is 1.29 bits per heavy atom. The third kappa shape index (κ3) is 12.3. The summed E-state index contributed by atoms with van der Waals surface area (Å²) in [7, 11) is -3.11. The lowest BCUT2D eigenvalue weighted by Gasteiger charge is -2.21. The molecule has 2 N–H and O–H groups in total. The van der Waals surface area contributed by atoms with E-state index in [1.165, 1.54) is 0 Å². The molecule has 0 aliphatic heterocycles. The molecule has 0 aliphatic carbocycles. The van der Waals surface area contributed by atoms with Gasteiger partial charge in [0.2, 0.25) is 5.91 Å². The maximum atomic E-state index is 11.6. The summed E-state index contributed by atoms with van der Waals surface area (Å²) in [5.41, 5.74) is -0.372. The number of carboxylic acid groups (broad SMARTS) is 1. The van der Waals surface area contributed by atoms with Crippen molar-refractivity contribution in [2.24, 2.45) is 0 Å². The zero-order valence-electron chi connectivity index (χ0n) is 13.0.